The van der Waals surface area contributed by atoms with Crippen LogP contribution in [-0.2, 0) is 22.4 Å². The van der Waals surface area contributed by atoms with E-state index in [4.69, 9.17) is 9.15 Å². The van der Waals surface area contributed by atoms with Gasteiger partial charge in [-0.3, -0.25) is 9.78 Å². The number of ether oxygens (including phenoxy) is 1. The molecule has 0 saturated heterocycles. The van der Waals surface area contributed by atoms with Crippen molar-refractivity contribution in [2.45, 2.75) is 39.2 Å². The van der Waals surface area contributed by atoms with Crippen molar-refractivity contribution in [3.8, 4) is 0 Å². The first-order chi connectivity index (χ1) is 11.8. The predicted molar refractivity (Wildman–Crippen MR) is 96.1 cm³/mol. The van der Waals surface area contributed by atoms with Crippen molar-refractivity contribution in [1.82, 2.24) is 15.2 Å². The van der Waals surface area contributed by atoms with Crippen LogP contribution in [0.3, 0.4) is 0 Å². The summed E-state index contributed by atoms with van der Waals surface area (Å²) in [6, 6.07) is 9.83. The molecule has 0 saturated carbocycles. The number of hydrogen-bond donors (Lipinski definition) is 0. The van der Waals surface area contributed by atoms with Gasteiger partial charge in [0.15, 0.2) is 0 Å². The molecule has 6 nitrogen and oxygen atoms in total. The number of aromatic nitrogens is 3. The molecule has 25 heavy (non-hydrogen) atoms. The predicted octanol–water partition coefficient (Wildman–Crippen LogP) is 3.86. The number of nitrogens with zero attached hydrogens (tertiary/aromatic N) is 3. The fourth-order valence-electron chi connectivity index (χ4n) is 2.32. The van der Waals surface area contributed by atoms with Gasteiger partial charge in [-0.1, -0.05) is 22.0 Å². The first kappa shape index (κ1) is 17.5. The van der Waals surface area contributed by atoms with Crippen LogP contribution in [0.25, 0.3) is 10.9 Å². The molecule has 0 N–H and O–H groups in total. The van der Waals surface area contributed by atoms with Gasteiger partial charge in [0, 0.05) is 9.86 Å². The molecular formula is C18H18BrN3O3. The summed E-state index contributed by atoms with van der Waals surface area (Å²) >= 11 is 3.45. The Balaban J connectivity index is 1.69. The van der Waals surface area contributed by atoms with Gasteiger partial charge in [0.2, 0.25) is 11.8 Å². The first-order valence-corrected chi connectivity index (χ1v) is 8.66. The molecule has 2 heterocycles. The third-order valence-electron chi connectivity index (χ3n) is 3.27. The lowest BCUT2D eigenvalue weighted by atomic mass is 10.2. The number of benzene rings is 1. The molecule has 3 rings (SSSR count). The molecule has 0 aliphatic heterocycles. The van der Waals surface area contributed by atoms with Crippen molar-refractivity contribution in [1.29, 1.82) is 0 Å². The van der Waals surface area contributed by atoms with Gasteiger partial charge in [0.1, 0.15) is 12.0 Å². The first-order valence-electron chi connectivity index (χ1n) is 7.87. The van der Waals surface area contributed by atoms with Crippen molar-refractivity contribution in [2.75, 3.05) is 0 Å². The number of halogens is 1. The monoisotopic (exact) mass is 403 g/mol. The molecule has 3 aromatic rings. The maximum absolute atomic E-state index is 11.8. The van der Waals surface area contributed by atoms with Crippen LogP contribution < -0.4 is 0 Å². The Morgan fingerprint density at radius 3 is 2.68 bits per heavy atom. The maximum Gasteiger partial charge on any atom is 0.315 e. The van der Waals surface area contributed by atoms with Crippen LogP contribution in [-0.4, -0.2) is 26.8 Å². The lowest BCUT2D eigenvalue weighted by Crippen LogP contribution is -2.24. The minimum atomic E-state index is -0.538. The highest BCUT2D eigenvalue weighted by Gasteiger charge is 2.19. The Hall–Kier alpha value is -2.28. The van der Waals surface area contributed by atoms with E-state index in [9.17, 15) is 4.79 Å². The number of rotatable bonds is 4. The Bertz CT molecular complexity index is 915. The van der Waals surface area contributed by atoms with Crippen molar-refractivity contribution in [3.63, 3.8) is 0 Å². The summed E-state index contributed by atoms with van der Waals surface area (Å²) in [6.45, 7) is 5.44. The average Bonchev–Trinajstić information content (AvgIpc) is 2.92. The van der Waals surface area contributed by atoms with Crippen LogP contribution in [0.15, 0.2) is 39.2 Å². The van der Waals surface area contributed by atoms with Crippen molar-refractivity contribution in [2.24, 2.45) is 0 Å². The molecule has 0 bridgehead atoms. The molecule has 130 valence electrons. The zero-order chi connectivity index (χ0) is 18.0. The van der Waals surface area contributed by atoms with Gasteiger partial charge >= 0.3 is 5.97 Å². The third kappa shape index (κ3) is 4.85. The number of esters is 1. The van der Waals surface area contributed by atoms with E-state index in [1.165, 1.54) is 0 Å². The summed E-state index contributed by atoms with van der Waals surface area (Å²) in [5.41, 5.74) is 1.18. The lowest BCUT2D eigenvalue weighted by molar-refractivity contribution is -0.154. The zero-order valence-electron chi connectivity index (χ0n) is 14.2. The van der Waals surface area contributed by atoms with Crippen LogP contribution in [0.1, 0.15) is 38.2 Å². The second-order valence-electron chi connectivity index (χ2n) is 6.67. The van der Waals surface area contributed by atoms with Gasteiger partial charge in [-0.2, -0.15) is 0 Å². The second kappa shape index (κ2) is 6.92. The summed E-state index contributed by atoms with van der Waals surface area (Å²) in [4.78, 5) is 16.4. The Morgan fingerprint density at radius 1 is 1.16 bits per heavy atom. The van der Waals surface area contributed by atoms with E-state index in [1.54, 1.807) is 0 Å². The fourth-order valence-corrected chi connectivity index (χ4v) is 2.70. The van der Waals surface area contributed by atoms with Crippen molar-refractivity contribution in [3.05, 3.63) is 52.3 Å². The highest BCUT2D eigenvalue weighted by atomic mass is 79.9. The Labute approximate surface area is 153 Å². The molecule has 0 spiro atoms. The van der Waals surface area contributed by atoms with Crippen LogP contribution in [0.5, 0.6) is 0 Å². The van der Waals surface area contributed by atoms with Crippen LogP contribution in [0.2, 0.25) is 0 Å². The summed E-state index contributed by atoms with van der Waals surface area (Å²) in [5.74, 6) is 0.272. The smallest absolute Gasteiger partial charge is 0.315 e. The Kier molecular flexibility index (Phi) is 4.85. The minimum absolute atomic E-state index is 0.0382. The number of pyridine rings is 1. The molecule has 0 amide bonds. The molecule has 2 aromatic heterocycles. The maximum atomic E-state index is 11.8. The molecular weight excluding hydrogens is 386 g/mol. The lowest BCUT2D eigenvalue weighted by Gasteiger charge is -2.18. The highest BCUT2D eigenvalue weighted by molar-refractivity contribution is 9.10. The molecule has 0 atom stereocenters. The van der Waals surface area contributed by atoms with Gasteiger partial charge in [-0.05, 0) is 45.0 Å². The average molecular weight is 404 g/mol. The Morgan fingerprint density at radius 2 is 1.92 bits per heavy atom. The minimum Gasteiger partial charge on any atom is -0.460 e. The van der Waals surface area contributed by atoms with Crippen molar-refractivity contribution < 1.29 is 13.9 Å². The second-order valence-corrected chi connectivity index (χ2v) is 7.58. The molecule has 0 radical (unpaired) electrons. The standard InChI is InChI=1S/C18H18BrN3O3/c1-18(2,3)25-17(23)10-16-22-21-15(24-16)9-13-6-4-11-8-12(19)5-7-14(11)20-13/h4-8H,9-10H2,1-3H3. The summed E-state index contributed by atoms with van der Waals surface area (Å²) in [7, 11) is 0. The van der Waals surface area contributed by atoms with Gasteiger partial charge in [0.05, 0.1) is 17.6 Å². The molecule has 0 aliphatic carbocycles. The van der Waals surface area contributed by atoms with Gasteiger partial charge in [-0.15, -0.1) is 10.2 Å². The normalized spacial score (nSPS) is 11.7. The van der Waals surface area contributed by atoms with E-state index < -0.39 is 11.6 Å². The molecule has 0 unspecified atom stereocenters. The number of carbonyl (C=O) groups is 1. The van der Waals surface area contributed by atoms with E-state index in [1.807, 2.05) is 51.1 Å². The molecule has 7 heteroatoms. The van der Waals surface area contributed by atoms with Crippen LogP contribution >= 0.6 is 15.9 Å². The van der Waals surface area contributed by atoms with E-state index in [-0.39, 0.29) is 12.3 Å². The number of carbonyl (C=O) groups excluding carboxylic acids is 1. The van der Waals surface area contributed by atoms with E-state index in [0.29, 0.717) is 12.3 Å². The van der Waals surface area contributed by atoms with E-state index >= 15 is 0 Å². The van der Waals surface area contributed by atoms with Gasteiger partial charge in [-0.25, -0.2) is 0 Å². The topological polar surface area (TPSA) is 78.1 Å². The van der Waals surface area contributed by atoms with Crippen LogP contribution in [0.4, 0.5) is 0 Å². The third-order valence-corrected chi connectivity index (χ3v) is 3.76. The molecule has 0 aliphatic rings. The SMILES string of the molecule is CC(C)(C)OC(=O)Cc1nnc(Cc2ccc3cc(Br)ccc3n2)o1. The number of fused-ring (bicyclic) bond motifs is 1. The van der Waals surface area contributed by atoms with Crippen LogP contribution in [0, 0.1) is 0 Å². The largest absolute Gasteiger partial charge is 0.460 e. The van der Waals surface area contributed by atoms with E-state index in [2.05, 4.69) is 31.1 Å². The number of hydrogen-bond acceptors (Lipinski definition) is 6. The molecule has 1 aromatic carbocycles. The van der Waals surface area contributed by atoms with Crippen molar-refractivity contribution >= 4 is 32.8 Å². The molecule has 0 fully saturated rings. The van der Waals surface area contributed by atoms with Gasteiger partial charge < -0.3 is 9.15 Å². The summed E-state index contributed by atoms with van der Waals surface area (Å²) < 4.78 is 11.8. The summed E-state index contributed by atoms with van der Waals surface area (Å²) in [5, 5.41) is 8.94. The quantitative estimate of drug-likeness (QED) is 0.615. The zero-order valence-corrected chi connectivity index (χ0v) is 15.8. The fraction of sp³-hybridized carbons (Fsp3) is 0.333. The highest BCUT2D eigenvalue weighted by Crippen LogP contribution is 2.19. The van der Waals surface area contributed by atoms with Gasteiger partial charge in [0.25, 0.3) is 0 Å². The van der Waals surface area contributed by atoms with E-state index in [0.717, 1.165) is 21.1 Å². The summed E-state index contributed by atoms with van der Waals surface area (Å²) in [6.07, 6.45) is 0.372.